The number of para-hydroxylation sites is 1. The number of hydrogen-bond acceptors (Lipinski definition) is 5. The van der Waals surface area contributed by atoms with Crippen molar-refractivity contribution in [3.63, 3.8) is 0 Å². The Morgan fingerprint density at radius 1 is 1.14 bits per heavy atom. The molecule has 3 rings (SSSR count). The monoisotopic (exact) mass is 282 g/mol. The Hall–Kier alpha value is -2.56. The molecule has 0 saturated carbocycles. The van der Waals surface area contributed by atoms with E-state index in [2.05, 4.69) is 20.2 Å². The van der Waals surface area contributed by atoms with Crippen LogP contribution in [-0.2, 0) is 6.54 Å². The average Bonchev–Trinajstić information content (AvgIpc) is 2.91. The van der Waals surface area contributed by atoms with Gasteiger partial charge in [0.25, 0.3) is 0 Å². The van der Waals surface area contributed by atoms with E-state index in [0.29, 0.717) is 12.5 Å². The van der Waals surface area contributed by atoms with Crippen LogP contribution in [0, 0.1) is 6.92 Å². The van der Waals surface area contributed by atoms with Crippen molar-refractivity contribution in [1.82, 2.24) is 9.97 Å². The van der Waals surface area contributed by atoms with Gasteiger partial charge in [-0.3, -0.25) is 0 Å². The molecule has 0 saturated heterocycles. The van der Waals surface area contributed by atoms with E-state index < -0.39 is 0 Å². The number of rotatable bonds is 4. The Morgan fingerprint density at radius 2 is 1.95 bits per heavy atom. The SMILES string of the molecule is CNc1nc(N(C)Cc2ccc(C)o2)c2ccccc2n1. The number of benzene rings is 1. The fraction of sp³-hybridized carbons (Fsp3) is 0.250. The molecule has 2 heterocycles. The predicted octanol–water partition coefficient (Wildman–Crippen LogP) is 3.21. The van der Waals surface area contributed by atoms with Crippen LogP contribution in [0.1, 0.15) is 11.5 Å². The number of nitrogens with zero attached hydrogens (tertiary/aromatic N) is 3. The third-order valence-corrected chi connectivity index (χ3v) is 3.36. The van der Waals surface area contributed by atoms with Gasteiger partial charge >= 0.3 is 0 Å². The zero-order valence-corrected chi connectivity index (χ0v) is 12.4. The van der Waals surface area contributed by atoms with Gasteiger partial charge in [-0.25, -0.2) is 4.98 Å². The zero-order chi connectivity index (χ0) is 14.8. The molecule has 0 fully saturated rings. The summed E-state index contributed by atoms with van der Waals surface area (Å²) in [6, 6.07) is 12.0. The van der Waals surface area contributed by atoms with E-state index in [1.54, 1.807) is 0 Å². The van der Waals surface area contributed by atoms with Crippen LogP contribution in [0.2, 0.25) is 0 Å². The quantitative estimate of drug-likeness (QED) is 0.796. The van der Waals surface area contributed by atoms with Crippen molar-refractivity contribution in [2.75, 3.05) is 24.3 Å². The lowest BCUT2D eigenvalue weighted by atomic mass is 10.2. The maximum Gasteiger partial charge on any atom is 0.224 e. The minimum absolute atomic E-state index is 0.617. The summed E-state index contributed by atoms with van der Waals surface area (Å²) in [4.78, 5) is 11.1. The fourth-order valence-corrected chi connectivity index (χ4v) is 2.34. The first kappa shape index (κ1) is 13.4. The molecule has 1 N–H and O–H groups in total. The molecular weight excluding hydrogens is 264 g/mol. The van der Waals surface area contributed by atoms with Crippen molar-refractivity contribution in [2.24, 2.45) is 0 Å². The summed E-state index contributed by atoms with van der Waals surface area (Å²) in [5.74, 6) is 3.34. The van der Waals surface area contributed by atoms with Crippen molar-refractivity contribution >= 4 is 22.7 Å². The Labute approximate surface area is 123 Å². The van der Waals surface area contributed by atoms with Crippen LogP contribution in [0.4, 0.5) is 11.8 Å². The van der Waals surface area contributed by atoms with Gasteiger partial charge in [0, 0.05) is 19.5 Å². The van der Waals surface area contributed by atoms with Gasteiger partial charge < -0.3 is 14.6 Å². The third kappa shape index (κ3) is 2.67. The van der Waals surface area contributed by atoms with Gasteiger partial charge in [0.2, 0.25) is 5.95 Å². The molecule has 21 heavy (non-hydrogen) atoms. The molecular formula is C16H18N4O. The smallest absolute Gasteiger partial charge is 0.224 e. The van der Waals surface area contributed by atoms with Gasteiger partial charge in [0.05, 0.1) is 12.1 Å². The summed E-state index contributed by atoms with van der Waals surface area (Å²) in [6.07, 6.45) is 0. The van der Waals surface area contributed by atoms with Gasteiger partial charge in [-0.1, -0.05) is 12.1 Å². The second kappa shape index (κ2) is 5.44. The summed E-state index contributed by atoms with van der Waals surface area (Å²) in [7, 11) is 3.83. The van der Waals surface area contributed by atoms with Crippen LogP contribution in [0.3, 0.4) is 0 Å². The summed E-state index contributed by atoms with van der Waals surface area (Å²) in [6.45, 7) is 2.61. The van der Waals surface area contributed by atoms with Crippen molar-refractivity contribution < 1.29 is 4.42 Å². The minimum atomic E-state index is 0.617. The first-order chi connectivity index (χ1) is 10.2. The van der Waals surface area contributed by atoms with Gasteiger partial charge in [-0.15, -0.1) is 0 Å². The standard InChI is InChI=1S/C16H18N4O/c1-11-8-9-12(21-11)10-20(3)15-13-6-4-5-7-14(13)18-16(17-2)19-15/h4-9H,10H2,1-3H3,(H,17,18,19). The van der Waals surface area contributed by atoms with Gasteiger partial charge in [-0.2, -0.15) is 4.98 Å². The van der Waals surface area contributed by atoms with Gasteiger partial charge in [0.15, 0.2) is 0 Å². The van der Waals surface area contributed by atoms with Crippen LogP contribution in [-0.4, -0.2) is 24.1 Å². The molecule has 0 spiro atoms. The Bertz CT molecular complexity index is 766. The highest BCUT2D eigenvalue weighted by molar-refractivity contribution is 5.90. The van der Waals surface area contributed by atoms with Crippen molar-refractivity contribution in [1.29, 1.82) is 0 Å². The summed E-state index contributed by atoms with van der Waals surface area (Å²) in [5, 5.41) is 4.04. The van der Waals surface area contributed by atoms with Crippen LogP contribution in [0.5, 0.6) is 0 Å². The molecule has 1 aromatic carbocycles. The first-order valence-electron chi connectivity index (χ1n) is 6.88. The molecule has 0 atom stereocenters. The highest BCUT2D eigenvalue weighted by Crippen LogP contribution is 2.25. The lowest BCUT2D eigenvalue weighted by molar-refractivity contribution is 0.481. The molecule has 0 bridgehead atoms. The molecule has 0 unspecified atom stereocenters. The van der Waals surface area contributed by atoms with Gasteiger partial charge in [-0.05, 0) is 31.2 Å². The average molecular weight is 282 g/mol. The minimum Gasteiger partial charge on any atom is -0.464 e. The zero-order valence-electron chi connectivity index (χ0n) is 12.4. The van der Waals surface area contributed by atoms with Crippen LogP contribution in [0.15, 0.2) is 40.8 Å². The number of aromatic nitrogens is 2. The molecule has 0 aliphatic heterocycles. The Morgan fingerprint density at radius 3 is 2.67 bits per heavy atom. The molecule has 0 radical (unpaired) electrons. The summed E-state index contributed by atoms with van der Waals surface area (Å²) in [5.41, 5.74) is 0.925. The van der Waals surface area contributed by atoms with E-state index in [-0.39, 0.29) is 0 Å². The van der Waals surface area contributed by atoms with E-state index in [9.17, 15) is 0 Å². The number of anilines is 2. The molecule has 5 heteroatoms. The largest absolute Gasteiger partial charge is 0.464 e. The number of nitrogens with one attached hydrogen (secondary N) is 1. The maximum atomic E-state index is 5.64. The molecule has 3 aromatic rings. The lowest BCUT2D eigenvalue weighted by Crippen LogP contribution is -2.18. The topological polar surface area (TPSA) is 54.2 Å². The summed E-state index contributed by atoms with van der Waals surface area (Å²) >= 11 is 0. The van der Waals surface area contributed by atoms with Gasteiger partial charge in [0.1, 0.15) is 17.3 Å². The highest BCUT2D eigenvalue weighted by atomic mass is 16.3. The molecule has 0 aliphatic rings. The normalized spacial score (nSPS) is 10.8. The Kier molecular flexibility index (Phi) is 3.48. The van der Waals surface area contributed by atoms with E-state index in [4.69, 9.17) is 4.42 Å². The van der Waals surface area contributed by atoms with E-state index >= 15 is 0 Å². The molecule has 5 nitrogen and oxygen atoms in total. The summed E-state index contributed by atoms with van der Waals surface area (Å²) < 4.78 is 5.64. The predicted molar refractivity (Wildman–Crippen MR) is 84.6 cm³/mol. The maximum absolute atomic E-state index is 5.64. The van der Waals surface area contributed by atoms with Crippen LogP contribution in [0.25, 0.3) is 10.9 Å². The second-order valence-electron chi connectivity index (χ2n) is 5.01. The number of hydrogen-bond donors (Lipinski definition) is 1. The molecule has 0 amide bonds. The third-order valence-electron chi connectivity index (χ3n) is 3.36. The van der Waals surface area contributed by atoms with Crippen molar-refractivity contribution in [3.05, 3.63) is 47.9 Å². The number of aryl methyl sites for hydroxylation is 1. The first-order valence-corrected chi connectivity index (χ1v) is 6.88. The second-order valence-corrected chi connectivity index (χ2v) is 5.01. The van der Waals surface area contributed by atoms with Crippen molar-refractivity contribution in [2.45, 2.75) is 13.5 Å². The van der Waals surface area contributed by atoms with Crippen molar-refractivity contribution in [3.8, 4) is 0 Å². The van der Waals surface area contributed by atoms with E-state index in [0.717, 1.165) is 28.2 Å². The lowest BCUT2D eigenvalue weighted by Gasteiger charge is -2.19. The van der Waals surface area contributed by atoms with E-state index in [1.807, 2.05) is 57.4 Å². The highest BCUT2D eigenvalue weighted by Gasteiger charge is 2.12. The van der Waals surface area contributed by atoms with E-state index in [1.165, 1.54) is 0 Å². The Balaban J connectivity index is 2.01. The molecule has 0 aliphatic carbocycles. The fourth-order valence-electron chi connectivity index (χ4n) is 2.34. The number of furan rings is 1. The van der Waals surface area contributed by atoms with Crippen LogP contribution >= 0.6 is 0 Å². The molecule has 2 aromatic heterocycles. The molecule has 108 valence electrons. The number of fused-ring (bicyclic) bond motifs is 1. The van der Waals surface area contributed by atoms with Crippen LogP contribution < -0.4 is 10.2 Å².